The van der Waals surface area contributed by atoms with Gasteiger partial charge >= 0.3 is 0 Å². The van der Waals surface area contributed by atoms with E-state index in [9.17, 15) is 4.79 Å². The summed E-state index contributed by atoms with van der Waals surface area (Å²) in [7, 11) is 0. The molecule has 1 fully saturated rings. The molecule has 0 aliphatic carbocycles. The standard InChI is InChI=1S/C20H24N6O/c27-19(7-13-26-12-4-9-23-26)24-11-3-5-17(15-24)20-22-10-14-25(20)16-18-6-1-2-8-21-18/h1-2,4,6,8-10,12,14,17H,3,5,7,11,13,15-16H2. The molecule has 1 aliphatic rings. The predicted molar refractivity (Wildman–Crippen MR) is 101 cm³/mol. The number of hydrogen-bond acceptors (Lipinski definition) is 4. The molecule has 3 aromatic heterocycles. The van der Waals surface area contributed by atoms with Crippen molar-refractivity contribution in [3.05, 3.63) is 66.8 Å². The lowest BCUT2D eigenvalue weighted by atomic mass is 9.96. The number of carbonyl (C=O) groups is 1. The van der Waals surface area contributed by atoms with Gasteiger partial charge in [-0.1, -0.05) is 6.07 Å². The van der Waals surface area contributed by atoms with E-state index in [2.05, 4.69) is 19.6 Å². The van der Waals surface area contributed by atoms with Crippen molar-refractivity contribution in [2.24, 2.45) is 0 Å². The summed E-state index contributed by atoms with van der Waals surface area (Å²) in [4.78, 5) is 23.6. The van der Waals surface area contributed by atoms with E-state index < -0.39 is 0 Å². The lowest BCUT2D eigenvalue weighted by Gasteiger charge is -2.32. The number of imidazole rings is 1. The van der Waals surface area contributed by atoms with Crippen molar-refractivity contribution in [2.45, 2.75) is 38.3 Å². The maximum Gasteiger partial charge on any atom is 0.224 e. The fourth-order valence-electron chi connectivity index (χ4n) is 3.70. The average molecular weight is 364 g/mol. The van der Waals surface area contributed by atoms with Crippen LogP contribution in [-0.4, -0.2) is 48.2 Å². The Morgan fingerprint density at radius 1 is 1.11 bits per heavy atom. The largest absolute Gasteiger partial charge is 0.342 e. The molecule has 0 N–H and O–H groups in total. The van der Waals surface area contributed by atoms with Crippen molar-refractivity contribution >= 4 is 5.91 Å². The second-order valence-electron chi connectivity index (χ2n) is 6.93. The zero-order chi connectivity index (χ0) is 18.5. The molecule has 7 nitrogen and oxygen atoms in total. The van der Waals surface area contributed by atoms with E-state index in [1.54, 1.807) is 10.9 Å². The van der Waals surface area contributed by atoms with Crippen LogP contribution in [0.5, 0.6) is 0 Å². The minimum absolute atomic E-state index is 0.193. The third-order valence-electron chi connectivity index (χ3n) is 5.06. The van der Waals surface area contributed by atoms with Gasteiger partial charge in [0.15, 0.2) is 0 Å². The average Bonchev–Trinajstić information content (AvgIpc) is 3.39. The molecule has 140 valence electrons. The topological polar surface area (TPSA) is 68.8 Å². The Morgan fingerprint density at radius 3 is 2.89 bits per heavy atom. The number of aromatic nitrogens is 5. The summed E-state index contributed by atoms with van der Waals surface area (Å²) in [5.41, 5.74) is 1.01. The highest BCUT2D eigenvalue weighted by molar-refractivity contribution is 5.76. The number of nitrogens with zero attached hydrogens (tertiary/aromatic N) is 6. The number of likely N-dealkylation sites (tertiary alicyclic amines) is 1. The molecule has 1 atom stereocenters. The molecule has 3 aromatic rings. The van der Waals surface area contributed by atoms with Gasteiger partial charge in [0.25, 0.3) is 0 Å². The summed E-state index contributed by atoms with van der Waals surface area (Å²) < 4.78 is 3.96. The molecule has 1 aliphatic heterocycles. The Hall–Kier alpha value is -2.96. The molecular weight excluding hydrogens is 340 g/mol. The van der Waals surface area contributed by atoms with Crippen LogP contribution in [0.1, 0.15) is 36.7 Å². The fourth-order valence-corrected chi connectivity index (χ4v) is 3.70. The van der Waals surface area contributed by atoms with E-state index >= 15 is 0 Å². The fraction of sp³-hybridized carbons (Fsp3) is 0.400. The summed E-state index contributed by atoms with van der Waals surface area (Å²) in [5.74, 6) is 1.51. The Bertz CT molecular complexity index is 858. The van der Waals surface area contributed by atoms with E-state index in [1.807, 2.05) is 54.0 Å². The smallest absolute Gasteiger partial charge is 0.224 e. The van der Waals surface area contributed by atoms with Crippen LogP contribution in [0.15, 0.2) is 55.2 Å². The maximum absolute atomic E-state index is 12.6. The van der Waals surface area contributed by atoms with Gasteiger partial charge in [-0.3, -0.25) is 14.5 Å². The molecule has 0 radical (unpaired) electrons. The molecule has 0 aromatic carbocycles. The SMILES string of the molecule is O=C(CCn1cccn1)N1CCCC(c2nccn2Cc2ccccn2)C1. The van der Waals surface area contributed by atoms with Gasteiger partial charge in [0.2, 0.25) is 5.91 Å². The second kappa shape index (κ2) is 8.16. The van der Waals surface area contributed by atoms with Crippen molar-refractivity contribution in [3.8, 4) is 0 Å². The molecule has 4 rings (SSSR count). The third kappa shape index (κ3) is 4.24. The summed E-state index contributed by atoms with van der Waals surface area (Å²) in [5, 5.41) is 4.17. The second-order valence-corrected chi connectivity index (χ2v) is 6.93. The number of piperidine rings is 1. The molecule has 4 heterocycles. The number of pyridine rings is 1. The quantitative estimate of drug-likeness (QED) is 0.673. The molecule has 7 heteroatoms. The Labute approximate surface area is 158 Å². The molecular formula is C20H24N6O. The van der Waals surface area contributed by atoms with Crippen molar-refractivity contribution < 1.29 is 4.79 Å². The van der Waals surface area contributed by atoms with Crippen molar-refractivity contribution in [1.29, 1.82) is 0 Å². The molecule has 1 unspecified atom stereocenters. The minimum Gasteiger partial charge on any atom is -0.342 e. The number of rotatable bonds is 6. The van der Waals surface area contributed by atoms with Gasteiger partial charge < -0.3 is 9.47 Å². The first-order valence-corrected chi connectivity index (χ1v) is 9.46. The first-order valence-electron chi connectivity index (χ1n) is 9.46. The van der Waals surface area contributed by atoms with Crippen molar-refractivity contribution in [2.75, 3.05) is 13.1 Å². The van der Waals surface area contributed by atoms with Gasteiger partial charge in [0, 0.05) is 63.0 Å². The van der Waals surface area contributed by atoms with E-state index in [4.69, 9.17) is 0 Å². The molecule has 0 spiro atoms. The summed E-state index contributed by atoms with van der Waals surface area (Å²) in [6.45, 7) is 2.90. The van der Waals surface area contributed by atoms with Crippen molar-refractivity contribution in [3.63, 3.8) is 0 Å². The van der Waals surface area contributed by atoms with E-state index in [0.29, 0.717) is 19.5 Å². The monoisotopic (exact) mass is 364 g/mol. The van der Waals surface area contributed by atoms with Crippen LogP contribution in [0, 0.1) is 0 Å². The third-order valence-corrected chi connectivity index (χ3v) is 5.06. The van der Waals surface area contributed by atoms with Gasteiger partial charge in [-0.2, -0.15) is 5.10 Å². The highest BCUT2D eigenvalue weighted by atomic mass is 16.2. The number of aryl methyl sites for hydroxylation is 1. The van der Waals surface area contributed by atoms with E-state index in [-0.39, 0.29) is 11.8 Å². The number of hydrogen-bond donors (Lipinski definition) is 0. The van der Waals surface area contributed by atoms with E-state index in [1.165, 1.54) is 0 Å². The Kier molecular flexibility index (Phi) is 5.27. The first kappa shape index (κ1) is 17.5. The Balaban J connectivity index is 1.40. The highest BCUT2D eigenvalue weighted by Crippen LogP contribution is 2.26. The Morgan fingerprint density at radius 2 is 2.07 bits per heavy atom. The number of carbonyl (C=O) groups excluding carboxylic acids is 1. The van der Waals surface area contributed by atoms with Gasteiger partial charge in [0.1, 0.15) is 5.82 Å². The van der Waals surface area contributed by atoms with Gasteiger partial charge in [0.05, 0.1) is 12.2 Å². The van der Waals surface area contributed by atoms with Crippen LogP contribution in [-0.2, 0) is 17.9 Å². The van der Waals surface area contributed by atoms with Crippen LogP contribution in [0.2, 0.25) is 0 Å². The van der Waals surface area contributed by atoms with Crippen LogP contribution in [0.3, 0.4) is 0 Å². The first-order chi connectivity index (χ1) is 13.3. The molecule has 1 amide bonds. The molecule has 0 saturated carbocycles. The number of amides is 1. The van der Waals surface area contributed by atoms with Crippen LogP contribution >= 0.6 is 0 Å². The van der Waals surface area contributed by atoms with Gasteiger partial charge in [-0.25, -0.2) is 4.98 Å². The van der Waals surface area contributed by atoms with Crippen LogP contribution in [0.4, 0.5) is 0 Å². The predicted octanol–water partition coefficient (Wildman–Crippen LogP) is 2.32. The lowest BCUT2D eigenvalue weighted by molar-refractivity contribution is -0.132. The van der Waals surface area contributed by atoms with Gasteiger partial charge in [-0.05, 0) is 31.0 Å². The van der Waals surface area contributed by atoms with Crippen LogP contribution < -0.4 is 0 Å². The minimum atomic E-state index is 0.193. The highest BCUT2D eigenvalue weighted by Gasteiger charge is 2.27. The zero-order valence-corrected chi connectivity index (χ0v) is 15.3. The summed E-state index contributed by atoms with van der Waals surface area (Å²) in [6.07, 6.45) is 11.8. The normalized spacial score (nSPS) is 17.2. The molecule has 1 saturated heterocycles. The van der Waals surface area contributed by atoms with Crippen LogP contribution in [0.25, 0.3) is 0 Å². The van der Waals surface area contributed by atoms with Gasteiger partial charge in [-0.15, -0.1) is 0 Å². The van der Waals surface area contributed by atoms with Crippen molar-refractivity contribution in [1.82, 2.24) is 29.2 Å². The maximum atomic E-state index is 12.6. The lowest BCUT2D eigenvalue weighted by Crippen LogP contribution is -2.40. The zero-order valence-electron chi connectivity index (χ0n) is 15.3. The summed E-state index contributed by atoms with van der Waals surface area (Å²) >= 11 is 0. The summed E-state index contributed by atoms with van der Waals surface area (Å²) in [6, 6.07) is 7.82. The molecule has 0 bridgehead atoms. The van der Waals surface area contributed by atoms with E-state index in [0.717, 1.165) is 37.4 Å². The molecule has 27 heavy (non-hydrogen) atoms.